The molecule has 0 spiro atoms. The second-order valence-electron chi connectivity index (χ2n) is 5.14. The van der Waals surface area contributed by atoms with Crippen molar-refractivity contribution in [2.75, 3.05) is 18.5 Å². The van der Waals surface area contributed by atoms with Crippen LogP contribution >= 0.6 is 0 Å². The predicted octanol–water partition coefficient (Wildman–Crippen LogP) is 2.52. The highest BCUT2D eigenvalue weighted by Gasteiger charge is 2.16. The third-order valence-electron chi connectivity index (χ3n) is 3.71. The molecule has 1 N–H and O–H groups in total. The smallest absolute Gasteiger partial charge is 0.224 e. The van der Waals surface area contributed by atoms with Crippen molar-refractivity contribution in [1.82, 2.24) is 0 Å². The van der Waals surface area contributed by atoms with Gasteiger partial charge in [-0.1, -0.05) is 6.07 Å². The van der Waals surface area contributed by atoms with E-state index in [0.717, 1.165) is 43.7 Å². The minimum atomic E-state index is 0.0870. The molecular formula is C15H19NO3. The first kappa shape index (κ1) is 12.5. The Hall–Kier alpha value is -1.55. The summed E-state index contributed by atoms with van der Waals surface area (Å²) in [7, 11) is 0. The number of carbonyl (C=O) groups excluding carboxylic acids is 1. The molecule has 2 aliphatic heterocycles. The van der Waals surface area contributed by atoms with Gasteiger partial charge < -0.3 is 14.8 Å². The highest BCUT2D eigenvalue weighted by Crippen LogP contribution is 2.27. The van der Waals surface area contributed by atoms with Crippen LogP contribution in [0.15, 0.2) is 18.2 Å². The summed E-state index contributed by atoms with van der Waals surface area (Å²) in [5.74, 6) is 0.906. The molecule has 0 aliphatic carbocycles. The van der Waals surface area contributed by atoms with Crippen LogP contribution in [0, 0.1) is 0 Å². The fraction of sp³-hybridized carbons (Fsp3) is 0.533. The van der Waals surface area contributed by atoms with Crippen LogP contribution in [0.5, 0.6) is 5.75 Å². The summed E-state index contributed by atoms with van der Waals surface area (Å²) in [6.07, 6.45) is 4.99. The molecule has 1 aromatic rings. The normalized spacial score (nSPS) is 21.9. The van der Waals surface area contributed by atoms with Crippen molar-refractivity contribution in [3.05, 3.63) is 23.8 Å². The van der Waals surface area contributed by atoms with Gasteiger partial charge in [0.25, 0.3) is 0 Å². The van der Waals surface area contributed by atoms with Crippen LogP contribution in [0.4, 0.5) is 5.69 Å². The Morgan fingerprint density at radius 2 is 2.32 bits per heavy atom. The van der Waals surface area contributed by atoms with Gasteiger partial charge in [0.1, 0.15) is 5.75 Å². The lowest BCUT2D eigenvalue weighted by Gasteiger charge is -2.18. The highest BCUT2D eigenvalue weighted by molar-refractivity contribution is 5.94. The van der Waals surface area contributed by atoms with Gasteiger partial charge in [-0.05, 0) is 30.9 Å². The summed E-state index contributed by atoms with van der Waals surface area (Å²) >= 11 is 0. The quantitative estimate of drug-likeness (QED) is 0.906. The zero-order valence-electron chi connectivity index (χ0n) is 11.0. The van der Waals surface area contributed by atoms with E-state index in [1.165, 1.54) is 5.56 Å². The van der Waals surface area contributed by atoms with Crippen LogP contribution in [-0.2, 0) is 16.0 Å². The fourth-order valence-corrected chi connectivity index (χ4v) is 2.62. The van der Waals surface area contributed by atoms with Crippen molar-refractivity contribution in [2.45, 2.75) is 38.2 Å². The van der Waals surface area contributed by atoms with Crippen LogP contribution in [0.2, 0.25) is 0 Å². The van der Waals surface area contributed by atoms with E-state index in [1.54, 1.807) is 0 Å². The number of hydrogen-bond acceptors (Lipinski definition) is 3. The minimum Gasteiger partial charge on any atom is -0.493 e. The topological polar surface area (TPSA) is 47.6 Å². The molecule has 19 heavy (non-hydrogen) atoms. The Morgan fingerprint density at radius 1 is 1.37 bits per heavy atom. The molecule has 1 atom stereocenters. The van der Waals surface area contributed by atoms with Gasteiger partial charge in [0, 0.05) is 31.2 Å². The van der Waals surface area contributed by atoms with Gasteiger partial charge in [-0.2, -0.15) is 0 Å². The molecule has 0 radical (unpaired) electrons. The van der Waals surface area contributed by atoms with E-state index in [9.17, 15) is 4.79 Å². The van der Waals surface area contributed by atoms with Crippen molar-refractivity contribution in [1.29, 1.82) is 0 Å². The molecular weight excluding hydrogens is 242 g/mol. The first-order valence-electron chi connectivity index (χ1n) is 6.98. The van der Waals surface area contributed by atoms with E-state index in [1.807, 2.05) is 18.2 Å². The van der Waals surface area contributed by atoms with Crippen molar-refractivity contribution < 1.29 is 14.3 Å². The molecule has 0 saturated carbocycles. The van der Waals surface area contributed by atoms with Gasteiger partial charge >= 0.3 is 0 Å². The second-order valence-corrected chi connectivity index (χ2v) is 5.14. The Labute approximate surface area is 113 Å². The Morgan fingerprint density at radius 3 is 3.16 bits per heavy atom. The lowest BCUT2D eigenvalue weighted by molar-refractivity contribution is -0.116. The molecule has 3 rings (SSSR count). The Balaban J connectivity index is 1.56. The number of fused-ring (bicyclic) bond motifs is 1. The van der Waals surface area contributed by atoms with Gasteiger partial charge in [-0.3, -0.25) is 4.79 Å². The lowest BCUT2D eigenvalue weighted by atomic mass is 10.0. The highest BCUT2D eigenvalue weighted by atomic mass is 16.5. The molecule has 1 saturated heterocycles. The van der Waals surface area contributed by atoms with Crippen LogP contribution in [0.25, 0.3) is 0 Å². The molecule has 1 unspecified atom stereocenters. The Kier molecular flexibility index (Phi) is 3.69. The van der Waals surface area contributed by atoms with Gasteiger partial charge in [-0.15, -0.1) is 0 Å². The standard InChI is InChI=1S/C15H19NO3/c17-15-6-4-11-3-5-13(10-14(11)16-15)19-9-7-12-2-1-8-18-12/h3,5,10,12H,1-2,4,6-9H2,(H,16,17). The van der Waals surface area contributed by atoms with E-state index in [4.69, 9.17) is 9.47 Å². The van der Waals surface area contributed by atoms with Crippen LogP contribution in [0.3, 0.4) is 0 Å². The SMILES string of the molecule is O=C1CCc2ccc(OCCC3CCCO3)cc2N1. The molecule has 102 valence electrons. The average Bonchev–Trinajstić information content (AvgIpc) is 2.91. The average molecular weight is 261 g/mol. The van der Waals surface area contributed by atoms with Gasteiger partial charge in [0.2, 0.25) is 5.91 Å². The van der Waals surface area contributed by atoms with Crippen molar-refractivity contribution in [2.24, 2.45) is 0 Å². The molecule has 1 aromatic carbocycles. The molecule has 1 fully saturated rings. The van der Waals surface area contributed by atoms with E-state index >= 15 is 0 Å². The van der Waals surface area contributed by atoms with Crippen LogP contribution in [-0.4, -0.2) is 25.2 Å². The second kappa shape index (κ2) is 5.61. The molecule has 0 aromatic heterocycles. The summed E-state index contributed by atoms with van der Waals surface area (Å²) in [6.45, 7) is 1.55. The molecule has 2 aliphatic rings. The zero-order chi connectivity index (χ0) is 13.1. The summed E-state index contributed by atoms with van der Waals surface area (Å²) in [5.41, 5.74) is 2.08. The number of nitrogens with one attached hydrogen (secondary N) is 1. The maximum Gasteiger partial charge on any atom is 0.224 e. The van der Waals surface area contributed by atoms with Gasteiger partial charge in [0.15, 0.2) is 0 Å². The number of anilines is 1. The first-order chi connectivity index (χ1) is 9.31. The number of ether oxygens (including phenoxy) is 2. The minimum absolute atomic E-state index is 0.0870. The third kappa shape index (κ3) is 3.07. The first-order valence-corrected chi connectivity index (χ1v) is 6.98. The maximum absolute atomic E-state index is 11.4. The number of benzene rings is 1. The van der Waals surface area contributed by atoms with Crippen molar-refractivity contribution in [3.63, 3.8) is 0 Å². The molecule has 0 bridgehead atoms. The number of hydrogen-bond donors (Lipinski definition) is 1. The molecule has 2 heterocycles. The summed E-state index contributed by atoms with van der Waals surface area (Å²) < 4.78 is 11.3. The van der Waals surface area contributed by atoms with Gasteiger partial charge in [0.05, 0.1) is 12.7 Å². The number of rotatable bonds is 4. The number of amides is 1. The largest absolute Gasteiger partial charge is 0.493 e. The maximum atomic E-state index is 11.4. The summed E-state index contributed by atoms with van der Waals surface area (Å²) in [6, 6.07) is 5.93. The van der Waals surface area contributed by atoms with E-state index in [2.05, 4.69) is 5.32 Å². The van der Waals surface area contributed by atoms with E-state index in [-0.39, 0.29) is 5.91 Å². The Bertz CT molecular complexity index is 466. The number of carbonyl (C=O) groups is 1. The van der Waals surface area contributed by atoms with Gasteiger partial charge in [-0.25, -0.2) is 0 Å². The fourth-order valence-electron chi connectivity index (χ4n) is 2.62. The van der Waals surface area contributed by atoms with Crippen molar-refractivity contribution >= 4 is 11.6 Å². The monoisotopic (exact) mass is 261 g/mol. The molecule has 1 amide bonds. The molecule has 4 heteroatoms. The summed E-state index contributed by atoms with van der Waals surface area (Å²) in [4.78, 5) is 11.4. The van der Waals surface area contributed by atoms with E-state index in [0.29, 0.717) is 19.1 Å². The lowest BCUT2D eigenvalue weighted by Crippen LogP contribution is -2.19. The predicted molar refractivity (Wildman–Crippen MR) is 72.5 cm³/mol. The summed E-state index contributed by atoms with van der Waals surface area (Å²) in [5, 5.41) is 2.89. The molecule has 4 nitrogen and oxygen atoms in total. The third-order valence-corrected chi connectivity index (χ3v) is 3.71. The van der Waals surface area contributed by atoms with Crippen LogP contribution < -0.4 is 10.1 Å². The zero-order valence-corrected chi connectivity index (χ0v) is 11.0. The van der Waals surface area contributed by atoms with Crippen molar-refractivity contribution in [3.8, 4) is 5.75 Å². The van der Waals surface area contributed by atoms with Crippen LogP contribution in [0.1, 0.15) is 31.2 Å². The number of aryl methyl sites for hydroxylation is 1. The van der Waals surface area contributed by atoms with E-state index < -0.39 is 0 Å².